The van der Waals surface area contributed by atoms with E-state index >= 15 is 0 Å². The van der Waals surface area contributed by atoms with Crippen LogP contribution < -0.4 is 0 Å². The van der Waals surface area contributed by atoms with Gasteiger partial charge < -0.3 is 4.74 Å². The van der Waals surface area contributed by atoms with Crippen molar-refractivity contribution in [2.75, 3.05) is 0 Å². The number of allylic oxidation sites excluding steroid dienone is 1. The molecule has 1 saturated heterocycles. The third-order valence-electron chi connectivity index (χ3n) is 4.20. The average Bonchev–Trinajstić information content (AvgIpc) is 2.49. The van der Waals surface area contributed by atoms with Gasteiger partial charge >= 0.3 is 5.97 Å². The van der Waals surface area contributed by atoms with Gasteiger partial charge in [0, 0.05) is 17.4 Å². The number of ether oxygens (including phenoxy) is 1. The Morgan fingerprint density at radius 1 is 1.53 bits per heavy atom. The third-order valence-corrected chi connectivity index (χ3v) is 4.20. The first kappa shape index (κ1) is 10.2. The van der Waals surface area contributed by atoms with Crippen molar-refractivity contribution < 1.29 is 9.53 Å². The van der Waals surface area contributed by atoms with Gasteiger partial charge in [0.1, 0.15) is 5.60 Å². The molecule has 2 fully saturated rings. The van der Waals surface area contributed by atoms with Crippen molar-refractivity contribution in [3.05, 3.63) is 11.6 Å². The summed E-state index contributed by atoms with van der Waals surface area (Å²) < 4.78 is 5.49. The van der Waals surface area contributed by atoms with Gasteiger partial charge in [-0.05, 0) is 19.8 Å². The lowest BCUT2D eigenvalue weighted by molar-refractivity contribution is -0.154. The van der Waals surface area contributed by atoms with E-state index in [-0.39, 0.29) is 17.3 Å². The van der Waals surface area contributed by atoms with E-state index in [1.165, 1.54) is 6.08 Å². The van der Waals surface area contributed by atoms with Crippen molar-refractivity contribution in [1.29, 1.82) is 5.26 Å². The summed E-state index contributed by atoms with van der Waals surface area (Å²) in [6.45, 7) is 6.23. The van der Waals surface area contributed by atoms with Gasteiger partial charge in [0.15, 0.2) is 0 Å². The predicted molar refractivity (Wildman–Crippen MR) is 54.7 cm³/mol. The molecule has 3 heteroatoms. The molecule has 15 heavy (non-hydrogen) atoms. The molecule has 2 rings (SSSR count). The highest BCUT2D eigenvalue weighted by molar-refractivity contribution is 5.93. The second kappa shape index (κ2) is 2.85. The van der Waals surface area contributed by atoms with Crippen LogP contribution in [0.4, 0.5) is 0 Å². The van der Waals surface area contributed by atoms with E-state index in [9.17, 15) is 4.79 Å². The summed E-state index contributed by atoms with van der Waals surface area (Å²) in [6.07, 6.45) is 3.31. The molecular formula is C12H15NO2. The zero-order chi connectivity index (χ0) is 11.3. The molecular weight excluding hydrogens is 190 g/mol. The number of carbonyl (C=O) groups excluding carboxylic acids is 1. The van der Waals surface area contributed by atoms with Crippen LogP contribution in [0.1, 0.15) is 33.6 Å². The smallest absolute Gasteiger partial charge is 0.335 e. The quantitative estimate of drug-likeness (QED) is 0.346. The Labute approximate surface area is 89.7 Å². The third kappa shape index (κ3) is 1.14. The maximum absolute atomic E-state index is 11.6. The van der Waals surface area contributed by atoms with E-state index in [1.807, 2.05) is 13.0 Å². The van der Waals surface area contributed by atoms with Crippen molar-refractivity contribution in [2.24, 2.45) is 11.3 Å². The summed E-state index contributed by atoms with van der Waals surface area (Å²) in [7, 11) is 0. The normalized spacial score (nSPS) is 40.0. The maximum atomic E-state index is 11.6. The van der Waals surface area contributed by atoms with E-state index in [2.05, 4.69) is 13.8 Å². The molecule has 0 bridgehead atoms. The number of carbonyl (C=O) groups is 1. The van der Waals surface area contributed by atoms with Crippen LogP contribution in [0.25, 0.3) is 0 Å². The van der Waals surface area contributed by atoms with E-state index in [1.54, 1.807) is 0 Å². The zero-order valence-electron chi connectivity index (χ0n) is 9.33. The van der Waals surface area contributed by atoms with Crippen molar-refractivity contribution in [1.82, 2.24) is 0 Å². The Hall–Kier alpha value is -1.30. The molecule has 0 radical (unpaired) electrons. The van der Waals surface area contributed by atoms with Crippen molar-refractivity contribution in [2.45, 2.75) is 39.2 Å². The van der Waals surface area contributed by atoms with Gasteiger partial charge in [-0.15, -0.1) is 0 Å². The van der Waals surface area contributed by atoms with Crippen molar-refractivity contribution in [3.8, 4) is 6.07 Å². The summed E-state index contributed by atoms with van der Waals surface area (Å²) in [5.74, 6) is -0.212. The molecule has 0 spiro atoms. The van der Waals surface area contributed by atoms with Gasteiger partial charge in [-0.2, -0.15) is 5.26 Å². The lowest BCUT2D eigenvalue weighted by atomic mass is 9.75. The first-order valence-corrected chi connectivity index (χ1v) is 5.25. The number of hydrogen-bond donors (Lipinski definition) is 0. The molecule has 3 nitrogen and oxygen atoms in total. The number of esters is 1. The number of hydrogen-bond acceptors (Lipinski definition) is 3. The van der Waals surface area contributed by atoms with Crippen LogP contribution in [0.2, 0.25) is 0 Å². The molecule has 1 heterocycles. The van der Waals surface area contributed by atoms with Gasteiger partial charge in [-0.1, -0.05) is 13.8 Å². The Balaban J connectivity index is 2.46. The highest BCUT2D eigenvalue weighted by Gasteiger charge is 2.61. The molecule has 0 unspecified atom stereocenters. The molecule has 0 amide bonds. The Bertz CT molecular complexity index is 389. The standard InChI is InChI=1S/C12H15NO2/c1-11(2)6-4-9-8(5-7-13)10(14)15-12(9,11)3/h5,9H,4,6H2,1-3H3/b8-5+/t9-,12+/m1/s1. The molecule has 2 aliphatic rings. The fraction of sp³-hybridized carbons (Fsp3) is 0.667. The minimum atomic E-state index is -0.424. The van der Waals surface area contributed by atoms with Crippen molar-refractivity contribution in [3.63, 3.8) is 0 Å². The van der Waals surface area contributed by atoms with Gasteiger partial charge in [-0.3, -0.25) is 0 Å². The molecule has 1 aliphatic heterocycles. The first-order valence-electron chi connectivity index (χ1n) is 5.25. The van der Waals surface area contributed by atoms with Crippen LogP contribution in [0, 0.1) is 22.7 Å². The second-order valence-corrected chi connectivity index (χ2v) is 5.20. The highest BCUT2D eigenvalue weighted by atomic mass is 16.6. The largest absolute Gasteiger partial charge is 0.455 e. The summed E-state index contributed by atoms with van der Waals surface area (Å²) in [6, 6.07) is 1.93. The average molecular weight is 205 g/mol. The Kier molecular flexibility index (Phi) is 1.94. The monoisotopic (exact) mass is 205 g/mol. The van der Waals surface area contributed by atoms with Crippen LogP contribution in [0.5, 0.6) is 0 Å². The molecule has 80 valence electrons. The van der Waals surface area contributed by atoms with Crippen LogP contribution >= 0.6 is 0 Å². The fourth-order valence-electron chi connectivity index (χ4n) is 2.78. The minimum absolute atomic E-state index is 0.00161. The molecule has 2 atom stereocenters. The van der Waals surface area contributed by atoms with E-state index < -0.39 is 5.60 Å². The van der Waals surface area contributed by atoms with E-state index in [4.69, 9.17) is 10.00 Å². The van der Waals surface area contributed by atoms with E-state index in [0.717, 1.165) is 12.8 Å². The lowest BCUT2D eigenvalue weighted by Gasteiger charge is -2.36. The Morgan fingerprint density at radius 3 is 2.80 bits per heavy atom. The summed E-state index contributed by atoms with van der Waals surface area (Å²) in [5, 5.41) is 8.64. The summed E-state index contributed by atoms with van der Waals surface area (Å²) in [5.41, 5.74) is 0.135. The van der Waals surface area contributed by atoms with Crippen LogP contribution in [0.15, 0.2) is 11.6 Å². The first-order chi connectivity index (χ1) is 6.92. The molecule has 0 aromatic heterocycles. The molecule has 1 saturated carbocycles. The van der Waals surface area contributed by atoms with Gasteiger partial charge in [0.2, 0.25) is 0 Å². The molecule has 1 aliphatic carbocycles. The molecule has 0 aromatic carbocycles. The molecule has 0 aromatic rings. The van der Waals surface area contributed by atoms with E-state index in [0.29, 0.717) is 5.57 Å². The van der Waals surface area contributed by atoms with Gasteiger partial charge in [0.25, 0.3) is 0 Å². The SMILES string of the molecule is CC1(C)CC[C@@H]2/C(=C\C#N)C(=O)O[C@@]21C. The number of nitriles is 1. The lowest BCUT2D eigenvalue weighted by Crippen LogP contribution is -2.40. The number of nitrogens with zero attached hydrogens (tertiary/aromatic N) is 1. The fourth-order valence-corrected chi connectivity index (χ4v) is 2.78. The Morgan fingerprint density at radius 2 is 2.20 bits per heavy atom. The highest BCUT2D eigenvalue weighted by Crippen LogP contribution is 2.57. The predicted octanol–water partition coefficient (Wildman–Crippen LogP) is 2.19. The molecule has 0 N–H and O–H groups in total. The van der Waals surface area contributed by atoms with Crippen LogP contribution in [-0.4, -0.2) is 11.6 Å². The van der Waals surface area contributed by atoms with Crippen LogP contribution in [0.3, 0.4) is 0 Å². The maximum Gasteiger partial charge on any atom is 0.335 e. The summed E-state index contributed by atoms with van der Waals surface area (Å²) in [4.78, 5) is 11.6. The minimum Gasteiger partial charge on any atom is -0.455 e. The number of rotatable bonds is 0. The second-order valence-electron chi connectivity index (χ2n) is 5.20. The topological polar surface area (TPSA) is 50.1 Å². The number of fused-ring (bicyclic) bond motifs is 1. The zero-order valence-corrected chi connectivity index (χ0v) is 9.33. The van der Waals surface area contributed by atoms with Crippen molar-refractivity contribution >= 4 is 5.97 Å². The summed E-state index contributed by atoms with van der Waals surface area (Å²) >= 11 is 0. The van der Waals surface area contributed by atoms with Gasteiger partial charge in [0.05, 0.1) is 11.6 Å². The van der Waals surface area contributed by atoms with Gasteiger partial charge in [-0.25, -0.2) is 4.79 Å². The van der Waals surface area contributed by atoms with Crippen LogP contribution in [-0.2, 0) is 9.53 Å².